The molecule has 0 saturated heterocycles. The monoisotopic (exact) mass is 1220 g/mol. The highest BCUT2D eigenvalue weighted by Crippen LogP contribution is 2.46. The summed E-state index contributed by atoms with van der Waals surface area (Å²) in [6.45, 7) is 0. The first-order valence-electron chi connectivity index (χ1n) is 33.1. The van der Waals surface area contributed by atoms with Gasteiger partial charge in [-0.25, -0.2) is 0 Å². The lowest BCUT2D eigenvalue weighted by molar-refractivity contribution is 1.18. The molecule has 4 heterocycles. The Morgan fingerprint density at radius 3 is 0.927 bits per heavy atom. The van der Waals surface area contributed by atoms with Crippen molar-refractivity contribution in [3.05, 3.63) is 352 Å². The zero-order chi connectivity index (χ0) is 63.0. The Labute approximate surface area is 552 Å². The van der Waals surface area contributed by atoms with Crippen LogP contribution in [0.15, 0.2) is 352 Å². The molecule has 0 spiro atoms. The second-order valence-corrected chi connectivity index (χ2v) is 25.5. The summed E-state index contributed by atoms with van der Waals surface area (Å²) in [7, 11) is 0. The molecule has 0 amide bonds. The van der Waals surface area contributed by atoms with Gasteiger partial charge in [0.2, 0.25) is 0 Å². The largest absolute Gasteiger partial charge is 0.309 e. The van der Waals surface area contributed by atoms with Crippen LogP contribution in [0.5, 0.6) is 0 Å². The maximum absolute atomic E-state index is 2.49. The van der Waals surface area contributed by atoms with Crippen LogP contribution in [0, 0.1) is 0 Å². The van der Waals surface area contributed by atoms with Crippen LogP contribution in [0.3, 0.4) is 0 Å². The number of aromatic nitrogens is 4. The maximum Gasteiger partial charge on any atom is 0.0548 e. The zero-order valence-electron chi connectivity index (χ0n) is 52.3. The lowest BCUT2D eigenvalue weighted by Crippen LogP contribution is -1.96. The molecular weight excluding hydrogens is 1160 g/mol. The second kappa shape index (κ2) is 21.4. The van der Waals surface area contributed by atoms with E-state index in [-0.39, 0.29) is 0 Å². The van der Waals surface area contributed by atoms with Gasteiger partial charge in [0.15, 0.2) is 0 Å². The van der Waals surface area contributed by atoms with E-state index in [4.69, 9.17) is 0 Å². The maximum atomic E-state index is 2.49. The molecule has 4 heteroatoms. The molecule has 0 radical (unpaired) electrons. The van der Waals surface area contributed by atoms with Crippen molar-refractivity contribution in [2.45, 2.75) is 0 Å². The van der Waals surface area contributed by atoms with E-state index in [0.717, 1.165) is 5.69 Å². The Hall–Kier alpha value is -12.8. The molecule has 4 nitrogen and oxygen atoms in total. The van der Waals surface area contributed by atoms with Crippen molar-refractivity contribution in [2.75, 3.05) is 0 Å². The molecule has 0 aliphatic rings. The summed E-state index contributed by atoms with van der Waals surface area (Å²) in [6, 6.07) is 129. The average molecular weight is 1220 g/mol. The highest BCUT2D eigenvalue weighted by molar-refractivity contribution is 6.30. The average Bonchev–Trinajstić information content (AvgIpc) is 1.56. The van der Waals surface area contributed by atoms with E-state index < -0.39 is 0 Å². The normalized spacial score (nSPS) is 12.0. The van der Waals surface area contributed by atoms with Gasteiger partial charge in [0.25, 0.3) is 0 Å². The SMILES string of the molecule is c1ccc(-n2c3ccccc3c3cc(-c4ccc(-n5c6ccc7ccccc7c6c6c7ccccc7ccc65)c5ccccc45)ccc32)cc1.c1ccc(-n2c3ccccc3c3cc(-c4ccc(-n5c6ccc7ccccc7c6c6c7ccccc7ccc65)cc4)ccc32)cc1. The highest BCUT2D eigenvalue weighted by Gasteiger charge is 2.22. The Morgan fingerprint density at radius 1 is 0.156 bits per heavy atom. The van der Waals surface area contributed by atoms with Crippen LogP contribution in [-0.2, 0) is 0 Å². The third-order valence-corrected chi connectivity index (χ3v) is 20.4. The Balaban J connectivity index is 0.000000132. The van der Waals surface area contributed by atoms with Gasteiger partial charge >= 0.3 is 0 Å². The molecule has 0 atom stereocenters. The van der Waals surface area contributed by atoms with Crippen LogP contribution in [0.1, 0.15) is 0 Å². The summed E-state index contributed by atoms with van der Waals surface area (Å²) in [4.78, 5) is 0. The Bertz CT molecular complexity index is 6550. The van der Waals surface area contributed by atoms with Crippen LogP contribution in [0.4, 0.5) is 0 Å². The van der Waals surface area contributed by atoms with E-state index in [1.54, 1.807) is 0 Å². The molecule has 0 N–H and O–H groups in total. The lowest BCUT2D eigenvalue weighted by Gasteiger charge is -2.15. The van der Waals surface area contributed by atoms with Crippen molar-refractivity contribution < 1.29 is 0 Å². The molecule has 17 aromatic carbocycles. The van der Waals surface area contributed by atoms with Crippen LogP contribution >= 0.6 is 0 Å². The first kappa shape index (κ1) is 53.9. The van der Waals surface area contributed by atoms with Gasteiger partial charge < -0.3 is 18.3 Å². The van der Waals surface area contributed by atoms with Crippen LogP contribution in [0.2, 0.25) is 0 Å². The fourth-order valence-corrected chi connectivity index (χ4v) is 16.2. The second-order valence-electron chi connectivity index (χ2n) is 25.5. The van der Waals surface area contributed by atoms with Crippen molar-refractivity contribution in [1.82, 2.24) is 18.3 Å². The van der Waals surface area contributed by atoms with E-state index in [1.165, 1.54) is 180 Å². The van der Waals surface area contributed by atoms with Crippen molar-refractivity contribution in [3.8, 4) is 45.0 Å². The topological polar surface area (TPSA) is 19.7 Å². The van der Waals surface area contributed by atoms with Gasteiger partial charge in [0.1, 0.15) is 0 Å². The lowest BCUT2D eigenvalue weighted by atomic mass is 9.95. The number of benzene rings is 17. The number of hydrogen-bond donors (Lipinski definition) is 0. The molecule has 0 aliphatic heterocycles. The third kappa shape index (κ3) is 8.16. The minimum Gasteiger partial charge on any atom is -0.309 e. The van der Waals surface area contributed by atoms with E-state index in [1.807, 2.05) is 0 Å². The number of para-hydroxylation sites is 4. The van der Waals surface area contributed by atoms with Gasteiger partial charge in [-0.15, -0.1) is 0 Å². The quantitative estimate of drug-likeness (QED) is 0.158. The fourth-order valence-electron chi connectivity index (χ4n) is 16.2. The first-order valence-corrected chi connectivity index (χ1v) is 33.1. The van der Waals surface area contributed by atoms with E-state index in [0.29, 0.717) is 0 Å². The van der Waals surface area contributed by atoms with E-state index in [2.05, 4.69) is 370 Å². The number of rotatable bonds is 6. The highest BCUT2D eigenvalue weighted by atomic mass is 15.0. The third-order valence-electron chi connectivity index (χ3n) is 20.4. The van der Waals surface area contributed by atoms with Gasteiger partial charge in [0, 0.05) is 65.5 Å². The van der Waals surface area contributed by atoms with Crippen LogP contribution in [0.25, 0.3) is 186 Å². The van der Waals surface area contributed by atoms with Crippen molar-refractivity contribution in [1.29, 1.82) is 0 Å². The Kier molecular flexibility index (Phi) is 12.0. The fraction of sp³-hybridized carbons (Fsp3) is 0. The van der Waals surface area contributed by atoms with Gasteiger partial charge in [-0.3, -0.25) is 0 Å². The zero-order valence-corrected chi connectivity index (χ0v) is 52.3. The summed E-state index contributed by atoms with van der Waals surface area (Å²) < 4.78 is 9.68. The van der Waals surface area contributed by atoms with Gasteiger partial charge in [-0.2, -0.15) is 0 Å². The standard InChI is InChI=1S/C48H30N2.C44H28N2/c1-2-14-34(15-3-1)49-42-21-11-10-20-40(42)41-30-33(24-26-44(41)49)35-25-29-43(39-19-9-8-18-38(35)39)50-45-27-22-31-12-4-6-16-36(31)47(45)48-37-17-7-5-13-32(37)23-28-46(48)50;1-2-12-33(13-3-1)45-39-17-9-8-16-37(39)38-28-32(22-25-40(38)45)29-18-23-34(24-19-29)46-41-26-20-30-10-4-6-14-35(30)43(41)44-36-15-7-5-11-31(36)21-27-42(44)46/h1-30H;1-28H. The number of nitrogens with zero attached hydrogens (tertiary/aromatic N) is 4. The summed E-state index contributed by atoms with van der Waals surface area (Å²) in [5.41, 5.74) is 19.4. The van der Waals surface area contributed by atoms with Gasteiger partial charge in [-0.1, -0.05) is 249 Å². The molecule has 96 heavy (non-hydrogen) atoms. The summed E-state index contributed by atoms with van der Waals surface area (Å²) in [5, 5.41) is 23.0. The van der Waals surface area contributed by atoms with Crippen molar-refractivity contribution >= 4 is 141 Å². The number of hydrogen-bond acceptors (Lipinski definition) is 0. The molecule has 0 fully saturated rings. The summed E-state index contributed by atoms with van der Waals surface area (Å²) >= 11 is 0. The molecule has 446 valence electrons. The summed E-state index contributed by atoms with van der Waals surface area (Å²) in [5.74, 6) is 0. The van der Waals surface area contributed by atoms with Crippen LogP contribution in [-0.4, -0.2) is 18.3 Å². The van der Waals surface area contributed by atoms with E-state index in [9.17, 15) is 0 Å². The predicted octanol–water partition coefficient (Wildman–Crippen LogP) is 24.9. The van der Waals surface area contributed by atoms with Crippen LogP contribution < -0.4 is 0 Å². The molecular formula is C92H58N4. The first-order chi connectivity index (χ1) is 47.7. The predicted molar refractivity (Wildman–Crippen MR) is 409 cm³/mol. The molecule has 4 aromatic heterocycles. The number of fused-ring (bicyclic) bond motifs is 21. The Morgan fingerprint density at radius 2 is 0.469 bits per heavy atom. The van der Waals surface area contributed by atoms with E-state index >= 15 is 0 Å². The molecule has 21 aromatic rings. The molecule has 0 saturated carbocycles. The minimum atomic E-state index is 1.16. The molecule has 0 bridgehead atoms. The molecule has 0 unspecified atom stereocenters. The van der Waals surface area contributed by atoms with Crippen molar-refractivity contribution in [2.24, 2.45) is 0 Å². The minimum absolute atomic E-state index is 1.16. The molecule has 21 rings (SSSR count). The van der Waals surface area contributed by atoms with Gasteiger partial charge in [0.05, 0.1) is 49.8 Å². The van der Waals surface area contributed by atoms with Crippen molar-refractivity contribution in [3.63, 3.8) is 0 Å². The molecule has 0 aliphatic carbocycles. The summed E-state index contributed by atoms with van der Waals surface area (Å²) in [6.07, 6.45) is 0. The smallest absolute Gasteiger partial charge is 0.0548 e. The van der Waals surface area contributed by atoms with Gasteiger partial charge in [-0.05, 0) is 174 Å².